The van der Waals surface area contributed by atoms with Gasteiger partial charge in [0.15, 0.2) is 6.10 Å². The molecule has 0 amide bonds. The van der Waals surface area contributed by atoms with Crippen molar-refractivity contribution in [2.45, 2.75) is 91.6 Å². The van der Waals surface area contributed by atoms with Crippen LogP contribution in [0.2, 0.25) is 0 Å². The van der Waals surface area contributed by atoms with Gasteiger partial charge < -0.3 is 20.1 Å². The van der Waals surface area contributed by atoms with E-state index in [1.54, 1.807) is 12.3 Å². The number of aliphatic hydroxyl groups is 3. The van der Waals surface area contributed by atoms with Gasteiger partial charge in [-0.2, -0.15) is 0 Å². The highest BCUT2D eigenvalue weighted by Crippen LogP contribution is 2.32. The monoisotopic (exact) mass is 511 g/mol. The Morgan fingerprint density at radius 1 is 1.31 bits per heavy atom. The van der Waals surface area contributed by atoms with E-state index in [0.717, 1.165) is 18.4 Å². The molecule has 0 bridgehead atoms. The maximum absolute atomic E-state index is 15.2. The number of nitrogens with zero attached hydrogens (tertiary/aromatic N) is 1. The number of rotatable bonds is 3. The summed E-state index contributed by atoms with van der Waals surface area (Å²) in [6.07, 6.45) is 1.37. The van der Waals surface area contributed by atoms with Gasteiger partial charge in [-0.25, -0.2) is 9.37 Å². The van der Waals surface area contributed by atoms with Gasteiger partial charge in [0, 0.05) is 23.8 Å². The molecule has 1 aromatic heterocycles. The van der Waals surface area contributed by atoms with Gasteiger partial charge in [-0.3, -0.25) is 9.59 Å². The van der Waals surface area contributed by atoms with E-state index < -0.39 is 47.9 Å². The zero-order chi connectivity index (χ0) is 26.3. The summed E-state index contributed by atoms with van der Waals surface area (Å²) in [6, 6.07) is 0. The number of carbonyl (C=O) groups excluding carboxylic acids is 2. The minimum Gasteiger partial charge on any atom is -0.455 e. The van der Waals surface area contributed by atoms with Crippen molar-refractivity contribution in [3.8, 4) is 0 Å². The second-order valence-corrected chi connectivity index (χ2v) is 11.0. The molecule has 35 heavy (non-hydrogen) atoms. The number of ketones is 1. The third-order valence-corrected chi connectivity index (χ3v) is 7.67. The zero-order valence-corrected chi connectivity index (χ0v) is 22.0. The molecule has 0 saturated heterocycles. The average Bonchev–Trinajstić information content (AvgIpc) is 3.26. The van der Waals surface area contributed by atoms with Crippen molar-refractivity contribution in [2.24, 2.45) is 17.3 Å². The Balaban J connectivity index is 2.33. The summed E-state index contributed by atoms with van der Waals surface area (Å²) >= 11 is 1.19. The predicted octanol–water partition coefficient (Wildman–Crippen LogP) is 4.36. The molecular weight excluding hydrogens is 473 g/mol. The van der Waals surface area contributed by atoms with Gasteiger partial charge in [0.2, 0.25) is 0 Å². The lowest BCUT2D eigenvalue weighted by atomic mass is 9.73. The topological polar surface area (TPSA) is 117 Å². The van der Waals surface area contributed by atoms with E-state index in [-0.39, 0.29) is 24.7 Å². The van der Waals surface area contributed by atoms with Gasteiger partial charge in [0.25, 0.3) is 0 Å². The number of ether oxygens (including phenoxy) is 1. The SMILES string of the molecule is C/C1=C/C[C@@H](/C(F)=C/c2csc(CO)n2)OC(=O)C[C@H](O)C(C)(C)C(=O)[C@H](C)[C@@H](O)[C@@H](C)CCC1. The van der Waals surface area contributed by atoms with Crippen LogP contribution in [0.4, 0.5) is 4.39 Å². The molecule has 0 fully saturated rings. The van der Waals surface area contributed by atoms with Crippen LogP contribution in [0.3, 0.4) is 0 Å². The van der Waals surface area contributed by atoms with E-state index in [4.69, 9.17) is 4.74 Å². The zero-order valence-electron chi connectivity index (χ0n) is 21.2. The van der Waals surface area contributed by atoms with Crippen LogP contribution in [0.5, 0.6) is 0 Å². The highest BCUT2D eigenvalue weighted by Gasteiger charge is 2.42. The first-order valence-corrected chi connectivity index (χ1v) is 12.9. The number of carbonyl (C=O) groups is 2. The van der Waals surface area contributed by atoms with E-state index in [1.165, 1.54) is 31.3 Å². The van der Waals surface area contributed by atoms with Crippen molar-refractivity contribution in [1.29, 1.82) is 0 Å². The van der Waals surface area contributed by atoms with Crippen LogP contribution in [-0.2, 0) is 20.9 Å². The van der Waals surface area contributed by atoms with Gasteiger partial charge in [0.1, 0.15) is 16.6 Å². The Morgan fingerprint density at radius 3 is 2.63 bits per heavy atom. The smallest absolute Gasteiger partial charge is 0.309 e. The second kappa shape index (κ2) is 12.9. The van der Waals surface area contributed by atoms with E-state index in [0.29, 0.717) is 17.1 Å². The molecule has 0 aromatic carbocycles. The van der Waals surface area contributed by atoms with Crippen LogP contribution in [0.25, 0.3) is 6.08 Å². The Labute approximate surface area is 210 Å². The fourth-order valence-corrected chi connectivity index (χ4v) is 4.83. The highest BCUT2D eigenvalue weighted by molar-refractivity contribution is 7.09. The van der Waals surface area contributed by atoms with Gasteiger partial charge >= 0.3 is 5.97 Å². The number of hydrogen-bond acceptors (Lipinski definition) is 8. The molecule has 196 valence electrons. The molecule has 3 N–H and O–H groups in total. The number of halogens is 1. The van der Waals surface area contributed by atoms with E-state index in [1.807, 2.05) is 19.9 Å². The number of Topliss-reactive ketones (excluding diaryl/α,β-unsaturated/α-hetero) is 1. The number of thiazole rings is 1. The average molecular weight is 512 g/mol. The van der Waals surface area contributed by atoms with Gasteiger partial charge in [0.05, 0.1) is 36.3 Å². The van der Waals surface area contributed by atoms with Crippen molar-refractivity contribution < 1.29 is 34.0 Å². The third kappa shape index (κ3) is 8.03. The maximum atomic E-state index is 15.2. The molecule has 2 heterocycles. The van der Waals surface area contributed by atoms with E-state index in [2.05, 4.69) is 4.98 Å². The summed E-state index contributed by atoms with van der Waals surface area (Å²) in [4.78, 5) is 29.9. The van der Waals surface area contributed by atoms with Crippen molar-refractivity contribution >= 4 is 29.2 Å². The Bertz CT molecular complexity index is 940. The molecular formula is C26H38FNO6S. The lowest BCUT2D eigenvalue weighted by Gasteiger charge is -2.34. The minimum atomic E-state index is -1.36. The van der Waals surface area contributed by atoms with E-state index in [9.17, 15) is 24.9 Å². The number of hydrogen-bond donors (Lipinski definition) is 3. The lowest BCUT2D eigenvalue weighted by molar-refractivity contribution is -0.154. The predicted molar refractivity (Wildman–Crippen MR) is 133 cm³/mol. The summed E-state index contributed by atoms with van der Waals surface area (Å²) in [6.45, 7) is 8.28. The molecule has 1 aromatic rings. The number of cyclic esters (lactones) is 1. The molecule has 1 aliphatic heterocycles. The first-order valence-electron chi connectivity index (χ1n) is 12.0. The Kier molecular flexibility index (Phi) is 10.8. The standard InChI is InChI=1S/C26H38FNO6S/c1-15-7-6-8-16(2)24(32)17(3)25(33)26(4,5)21(30)12-23(31)34-20(10-9-15)19(27)11-18-14-35-22(13-29)28-18/h9,11,14,16-17,20-21,24,29-30,32H,6-8,10,12-13H2,1-5H3/b15-9-,19-11-/t16-,17+,20-,21-,24-/m0/s1. The maximum Gasteiger partial charge on any atom is 0.309 e. The fraction of sp³-hybridized carbons (Fsp3) is 0.654. The molecule has 5 atom stereocenters. The highest BCUT2D eigenvalue weighted by atomic mass is 32.1. The largest absolute Gasteiger partial charge is 0.455 e. The van der Waals surface area contributed by atoms with E-state index >= 15 is 4.39 Å². The minimum absolute atomic E-state index is 0.102. The Hall–Kier alpha value is -1.94. The molecule has 2 rings (SSSR count). The second-order valence-electron chi connectivity index (χ2n) is 10.1. The summed E-state index contributed by atoms with van der Waals surface area (Å²) < 4.78 is 20.6. The molecule has 9 heteroatoms. The van der Waals surface area contributed by atoms with Crippen molar-refractivity contribution in [3.63, 3.8) is 0 Å². The summed E-state index contributed by atoms with van der Waals surface area (Å²) in [5.74, 6) is -2.71. The van der Waals surface area contributed by atoms with Gasteiger partial charge in [-0.05, 0) is 32.1 Å². The fourth-order valence-electron chi connectivity index (χ4n) is 4.22. The summed E-state index contributed by atoms with van der Waals surface area (Å²) in [5, 5.41) is 32.7. The molecule has 7 nitrogen and oxygen atoms in total. The quantitative estimate of drug-likeness (QED) is 0.408. The van der Waals surface area contributed by atoms with Crippen molar-refractivity contribution in [3.05, 3.63) is 33.6 Å². The molecule has 0 spiro atoms. The van der Waals surface area contributed by atoms with Gasteiger partial charge in [-0.15, -0.1) is 11.3 Å². The molecule has 0 aliphatic carbocycles. The van der Waals surface area contributed by atoms with Crippen LogP contribution in [-0.4, -0.2) is 50.4 Å². The van der Waals surface area contributed by atoms with Crippen molar-refractivity contribution in [2.75, 3.05) is 0 Å². The normalized spacial score (nSPS) is 31.5. The van der Waals surface area contributed by atoms with Crippen molar-refractivity contribution in [1.82, 2.24) is 4.98 Å². The number of aromatic nitrogens is 1. The van der Waals surface area contributed by atoms with Crippen LogP contribution in [0.1, 0.15) is 77.4 Å². The third-order valence-electron chi connectivity index (χ3n) is 6.82. The first-order chi connectivity index (χ1) is 16.4. The lowest BCUT2D eigenvalue weighted by Crippen LogP contribution is -2.45. The Morgan fingerprint density at radius 2 is 2.00 bits per heavy atom. The van der Waals surface area contributed by atoms with Crippen LogP contribution < -0.4 is 0 Å². The summed E-state index contributed by atoms with van der Waals surface area (Å²) in [7, 11) is 0. The first kappa shape index (κ1) is 29.3. The summed E-state index contributed by atoms with van der Waals surface area (Å²) in [5.41, 5.74) is 0.000562. The molecule has 1 aliphatic rings. The van der Waals surface area contributed by atoms with Crippen LogP contribution in [0, 0.1) is 17.3 Å². The van der Waals surface area contributed by atoms with Gasteiger partial charge in [-0.1, -0.05) is 39.3 Å². The number of aliphatic hydroxyl groups excluding tert-OH is 3. The van der Waals surface area contributed by atoms with Crippen LogP contribution in [0.15, 0.2) is 22.9 Å². The number of allylic oxidation sites excluding steroid dienone is 1. The molecule has 0 radical (unpaired) electrons. The molecule has 0 unspecified atom stereocenters. The van der Waals surface area contributed by atoms with Crippen LogP contribution >= 0.6 is 11.3 Å². The number of esters is 1. The molecule has 0 saturated carbocycles.